The molecular weight excluding hydrogens is 476 g/mol. The van der Waals surface area contributed by atoms with Gasteiger partial charge < -0.3 is 9.47 Å². The number of ether oxygens (including phenoxy) is 2. The number of rotatable bonds is 4. The summed E-state index contributed by atoms with van der Waals surface area (Å²) in [6.45, 7) is 0. The van der Waals surface area contributed by atoms with Crippen LogP contribution in [-0.4, -0.2) is 31.9 Å². The molecule has 1 fully saturated rings. The molecule has 1 spiro atoms. The predicted octanol–water partition coefficient (Wildman–Crippen LogP) is 5.72. The Morgan fingerprint density at radius 2 is 1.16 bits per heavy atom. The summed E-state index contributed by atoms with van der Waals surface area (Å²) in [4.78, 5) is 39.5. The van der Waals surface area contributed by atoms with Crippen molar-refractivity contribution in [3.8, 4) is 0 Å². The predicted molar refractivity (Wildman–Crippen MR) is 144 cm³/mol. The van der Waals surface area contributed by atoms with Gasteiger partial charge in [0.15, 0.2) is 11.2 Å². The van der Waals surface area contributed by atoms with Gasteiger partial charge >= 0.3 is 11.9 Å². The number of hydrogen-bond acceptors (Lipinski definition) is 5. The Bertz CT molecular complexity index is 1490. The summed E-state index contributed by atoms with van der Waals surface area (Å²) in [5.74, 6) is -1.26. The fourth-order valence-corrected chi connectivity index (χ4v) is 6.59. The zero-order chi connectivity index (χ0) is 26.5. The summed E-state index contributed by atoms with van der Waals surface area (Å²) in [6, 6.07) is 27.7. The van der Waals surface area contributed by atoms with E-state index in [2.05, 4.69) is 0 Å². The second-order valence-corrected chi connectivity index (χ2v) is 9.91. The van der Waals surface area contributed by atoms with Crippen molar-refractivity contribution in [3.63, 3.8) is 0 Å². The van der Waals surface area contributed by atoms with Crippen LogP contribution in [0.5, 0.6) is 0 Å². The lowest BCUT2D eigenvalue weighted by Crippen LogP contribution is -2.39. The van der Waals surface area contributed by atoms with Crippen molar-refractivity contribution in [1.82, 2.24) is 0 Å². The smallest absolute Gasteiger partial charge is 0.323 e. The van der Waals surface area contributed by atoms with Crippen LogP contribution in [0.2, 0.25) is 0 Å². The van der Waals surface area contributed by atoms with Crippen LogP contribution >= 0.6 is 0 Å². The molecule has 3 aliphatic rings. The Hall–Kier alpha value is -4.51. The van der Waals surface area contributed by atoms with Gasteiger partial charge in [0.25, 0.3) is 0 Å². The molecule has 0 N–H and O–H groups in total. The highest BCUT2D eigenvalue weighted by Gasteiger charge is 2.60. The van der Waals surface area contributed by atoms with E-state index in [1.165, 1.54) is 14.2 Å². The molecule has 188 valence electrons. The Balaban J connectivity index is 1.75. The average Bonchev–Trinajstić information content (AvgIpc) is 3.47. The Morgan fingerprint density at radius 3 is 1.66 bits per heavy atom. The van der Waals surface area contributed by atoms with E-state index < -0.39 is 22.8 Å². The SMILES string of the molecule is COC(=O)C1(C(=O)OC)CC2=C(c3ccccc3)C3(C=CC(=O)c4ccccc43)C(c3ccccc3)=C2C1. The molecule has 38 heavy (non-hydrogen) atoms. The first-order valence-electron chi connectivity index (χ1n) is 12.6. The Labute approximate surface area is 221 Å². The largest absolute Gasteiger partial charge is 0.468 e. The van der Waals surface area contributed by atoms with Crippen molar-refractivity contribution < 1.29 is 23.9 Å². The molecule has 3 aromatic carbocycles. The monoisotopic (exact) mass is 502 g/mol. The summed E-state index contributed by atoms with van der Waals surface area (Å²) in [5, 5.41) is 0. The van der Waals surface area contributed by atoms with Gasteiger partial charge in [0.1, 0.15) is 0 Å². The highest BCUT2D eigenvalue weighted by molar-refractivity contribution is 6.15. The molecule has 0 unspecified atom stereocenters. The number of carbonyl (C=O) groups is 3. The fraction of sp³-hybridized carbons (Fsp3) is 0.182. The Morgan fingerprint density at radius 1 is 0.684 bits per heavy atom. The summed E-state index contributed by atoms with van der Waals surface area (Å²) in [7, 11) is 2.60. The van der Waals surface area contributed by atoms with Crippen LogP contribution in [0.3, 0.4) is 0 Å². The molecule has 0 aliphatic heterocycles. The Kier molecular flexibility index (Phi) is 5.53. The van der Waals surface area contributed by atoms with E-state index in [0.717, 1.165) is 39.0 Å². The van der Waals surface area contributed by atoms with Crippen LogP contribution in [0.1, 0.15) is 39.9 Å². The molecule has 1 saturated carbocycles. The molecule has 0 atom stereocenters. The van der Waals surface area contributed by atoms with Crippen molar-refractivity contribution in [2.45, 2.75) is 18.3 Å². The van der Waals surface area contributed by atoms with Gasteiger partial charge in [0, 0.05) is 18.4 Å². The summed E-state index contributed by atoms with van der Waals surface area (Å²) < 4.78 is 10.3. The van der Waals surface area contributed by atoms with Gasteiger partial charge in [-0.15, -0.1) is 0 Å². The molecule has 3 aliphatic carbocycles. The molecule has 5 heteroatoms. The number of esters is 2. The number of fused-ring (bicyclic) bond motifs is 3. The van der Waals surface area contributed by atoms with Gasteiger partial charge in [0.2, 0.25) is 0 Å². The normalized spacial score (nSPS) is 18.4. The highest BCUT2D eigenvalue weighted by atomic mass is 16.5. The lowest BCUT2D eigenvalue weighted by atomic mass is 9.62. The van der Waals surface area contributed by atoms with Crippen LogP contribution in [0.4, 0.5) is 0 Å². The second kappa shape index (κ2) is 8.80. The molecular formula is C33H26O5. The average molecular weight is 503 g/mol. The number of hydrogen-bond donors (Lipinski definition) is 0. The van der Waals surface area contributed by atoms with Crippen molar-refractivity contribution in [3.05, 3.63) is 130 Å². The first-order valence-corrected chi connectivity index (χ1v) is 12.6. The van der Waals surface area contributed by atoms with E-state index in [0.29, 0.717) is 5.56 Å². The molecule has 5 nitrogen and oxygen atoms in total. The van der Waals surface area contributed by atoms with Crippen LogP contribution in [0.25, 0.3) is 11.1 Å². The third-order valence-electron chi connectivity index (χ3n) is 8.09. The number of benzene rings is 3. The van der Waals surface area contributed by atoms with E-state index in [-0.39, 0.29) is 18.6 Å². The van der Waals surface area contributed by atoms with Crippen molar-refractivity contribution in [2.24, 2.45) is 5.41 Å². The maximum Gasteiger partial charge on any atom is 0.323 e. The lowest BCUT2D eigenvalue weighted by molar-refractivity contribution is -0.168. The molecule has 0 radical (unpaired) electrons. The third kappa shape index (κ3) is 3.14. The summed E-state index contributed by atoms with van der Waals surface area (Å²) >= 11 is 0. The molecule has 6 rings (SSSR count). The van der Waals surface area contributed by atoms with E-state index in [9.17, 15) is 14.4 Å². The fourth-order valence-electron chi connectivity index (χ4n) is 6.59. The molecule has 0 bridgehead atoms. The van der Waals surface area contributed by atoms with Gasteiger partial charge in [-0.1, -0.05) is 91.0 Å². The zero-order valence-corrected chi connectivity index (χ0v) is 21.2. The number of carbonyl (C=O) groups excluding carboxylic acids is 3. The van der Waals surface area contributed by atoms with E-state index >= 15 is 0 Å². The van der Waals surface area contributed by atoms with Gasteiger partial charge in [0.05, 0.1) is 19.6 Å². The minimum Gasteiger partial charge on any atom is -0.468 e. The van der Waals surface area contributed by atoms with Gasteiger partial charge in [-0.25, -0.2) is 0 Å². The number of ketones is 1. The second-order valence-electron chi connectivity index (χ2n) is 9.91. The zero-order valence-electron chi connectivity index (χ0n) is 21.2. The molecule has 0 amide bonds. The summed E-state index contributed by atoms with van der Waals surface area (Å²) in [5.41, 5.74) is 4.97. The minimum absolute atomic E-state index is 0.0448. The highest BCUT2D eigenvalue weighted by Crippen LogP contribution is 2.65. The third-order valence-corrected chi connectivity index (χ3v) is 8.09. The van der Waals surface area contributed by atoms with Crippen molar-refractivity contribution >= 4 is 28.9 Å². The summed E-state index contributed by atoms with van der Waals surface area (Å²) in [6.07, 6.45) is 3.95. The molecule has 0 heterocycles. The number of methoxy groups -OCH3 is 2. The minimum atomic E-state index is -1.48. The van der Waals surface area contributed by atoms with Crippen molar-refractivity contribution in [2.75, 3.05) is 14.2 Å². The maximum absolute atomic E-state index is 13.2. The lowest BCUT2D eigenvalue weighted by Gasteiger charge is -2.38. The topological polar surface area (TPSA) is 69.7 Å². The van der Waals surface area contributed by atoms with Gasteiger partial charge in [-0.3, -0.25) is 14.4 Å². The van der Waals surface area contributed by atoms with Crippen LogP contribution in [-0.2, 0) is 24.5 Å². The van der Waals surface area contributed by atoms with E-state index in [1.54, 1.807) is 6.08 Å². The van der Waals surface area contributed by atoms with Crippen molar-refractivity contribution in [1.29, 1.82) is 0 Å². The van der Waals surface area contributed by atoms with Crippen LogP contribution in [0.15, 0.2) is 108 Å². The van der Waals surface area contributed by atoms with E-state index in [4.69, 9.17) is 9.47 Å². The maximum atomic E-state index is 13.2. The van der Waals surface area contributed by atoms with E-state index in [1.807, 2.05) is 91.0 Å². The van der Waals surface area contributed by atoms with Gasteiger partial charge in [-0.2, -0.15) is 0 Å². The quantitative estimate of drug-likeness (QED) is 0.337. The number of allylic oxidation sites excluding steroid dienone is 6. The standard InChI is InChI=1S/C33H26O5/c1-37-30(35)32(31(36)38-2)19-24-25(20-32)29(22-13-7-4-8-14-22)33(28(24)21-11-5-3-6-12-21)18-17-27(34)23-15-9-10-16-26(23)33/h3-18H,19-20H2,1-2H3. The van der Waals surface area contributed by atoms with Crippen LogP contribution in [0, 0.1) is 5.41 Å². The molecule has 0 saturated heterocycles. The van der Waals surface area contributed by atoms with Crippen LogP contribution < -0.4 is 0 Å². The first-order chi connectivity index (χ1) is 18.5. The first kappa shape index (κ1) is 23.9. The molecule has 0 aromatic heterocycles. The molecule has 3 aromatic rings. The van der Waals surface area contributed by atoms with Gasteiger partial charge in [-0.05, 0) is 45.1 Å².